The normalized spacial score (nSPS) is 10.3. The second kappa shape index (κ2) is 12.8. The standard InChI is InChI=1S/C11H16.C5H12O2.C2H6.CH4/c1-4-11(2,3)10-8-6-5-7-9-10;1-5(2,6-3)7-4;1-2;/h5-9H,4H2,1-3H3;1-4H3;1-2H3;1H4. The van der Waals surface area contributed by atoms with Gasteiger partial charge in [0.1, 0.15) is 0 Å². The molecule has 0 bridgehead atoms. The Hall–Kier alpha value is -0.860. The molecule has 0 saturated heterocycles. The van der Waals surface area contributed by atoms with Gasteiger partial charge in [0.25, 0.3) is 0 Å². The highest BCUT2D eigenvalue weighted by Crippen LogP contribution is 2.25. The zero-order valence-electron chi connectivity index (χ0n) is 14.9. The maximum Gasteiger partial charge on any atom is 0.161 e. The molecule has 0 unspecified atom stereocenters. The first-order valence-electron chi connectivity index (χ1n) is 7.45. The molecule has 2 heteroatoms. The minimum Gasteiger partial charge on any atom is -0.354 e. The molecule has 0 saturated carbocycles. The minimum atomic E-state index is -0.417. The van der Waals surface area contributed by atoms with E-state index in [2.05, 4.69) is 51.1 Å². The van der Waals surface area contributed by atoms with Crippen molar-refractivity contribution in [1.29, 1.82) is 0 Å². The molecule has 1 rings (SSSR count). The molecule has 1 aromatic carbocycles. The third-order valence-electron chi connectivity index (χ3n) is 3.42. The van der Waals surface area contributed by atoms with Gasteiger partial charge in [-0.15, -0.1) is 0 Å². The summed E-state index contributed by atoms with van der Waals surface area (Å²) in [6.07, 6.45) is 1.19. The molecule has 0 N–H and O–H groups in total. The van der Waals surface area contributed by atoms with E-state index in [1.165, 1.54) is 12.0 Å². The zero-order valence-corrected chi connectivity index (χ0v) is 14.9. The fourth-order valence-electron chi connectivity index (χ4n) is 1.18. The van der Waals surface area contributed by atoms with Crippen molar-refractivity contribution in [1.82, 2.24) is 0 Å². The van der Waals surface area contributed by atoms with Gasteiger partial charge in [0.15, 0.2) is 5.79 Å². The van der Waals surface area contributed by atoms with E-state index in [1.54, 1.807) is 14.2 Å². The summed E-state index contributed by atoms with van der Waals surface area (Å²) in [7, 11) is 3.23. The van der Waals surface area contributed by atoms with Crippen LogP contribution in [0.25, 0.3) is 0 Å². The Bertz CT molecular complexity index is 310. The Labute approximate surface area is 133 Å². The van der Waals surface area contributed by atoms with Crippen LogP contribution in [0.3, 0.4) is 0 Å². The van der Waals surface area contributed by atoms with Crippen molar-refractivity contribution < 1.29 is 9.47 Å². The molecule has 0 spiro atoms. The second-order valence-corrected chi connectivity index (χ2v) is 5.41. The molecule has 126 valence electrons. The minimum absolute atomic E-state index is 0. The highest BCUT2D eigenvalue weighted by Gasteiger charge is 2.16. The van der Waals surface area contributed by atoms with Crippen LogP contribution in [0.2, 0.25) is 0 Å². The summed E-state index contributed by atoms with van der Waals surface area (Å²) in [5.74, 6) is -0.417. The molecular formula is C19H38O2. The van der Waals surface area contributed by atoms with Gasteiger partial charge in [-0.3, -0.25) is 0 Å². The van der Waals surface area contributed by atoms with Crippen molar-refractivity contribution >= 4 is 0 Å². The van der Waals surface area contributed by atoms with Crippen molar-refractivity contribution in [2.24, 2.45) is 0 Å². The molecule has 0 aliphatic carbocycles. The van der Waals surface area contributed by atoms with Crippen LogP contribution in [0.15, 0.2) is 30.3 Å². The van der Waals surface area contributed by atoms with Crippen LogP contribution < -0.4 is 0 Å². The Morgan fingerprint density at radius 2 is 1.24 bits per heavy atom. The fraction of sp³-hybridized carbons (Fsp3) is 0.684. The topological polar surface area (TPSA) is 18.5 Å². The van der Waals surface area contributed by atoms with Crippen LogP contribution in [-0.2, 0) is 14.9 Å². The van der Waals surface area contributed by atoms with Crippen molar-refractivity contribution in [3.63, 3.8) is 0 Å². The van der Waals surface area contributed by atoms with Crippen LogP contribution in [0, 0.1) is 0 Å². The fourth-order valence-corrected chi connectivity index (χ4v) is 1.18. The number of methoxy groups -OCH3 is 2. The number of hydrogen-bond acceptors (Lipinski definition) is 2. The maximum absolute atomic E-state index is 4.86. The first kappa shape index (κ1) is 25.1. The quantitative estimate of drug-likeness (QED) is 0.630. The highest BCUT2D eigenvalue weighted by atomic mass is 16.7. The summed E-state index contributed by atoms with van der Waals surface area (Å²) in [6, 6.07) is 10.7. The molecule has 0 radical (unpaired) electrons. The molecule has 21 heavy (non-hydrogen) atoms. The van der Waals surface area contributed by atoms with Gasteiger partial charge in [0.05, 0.1) is 0 Å². The average molecular weight is 299 g/mol. The molecule has 0 aliphatic heterocycles. The smallest absolute Gasteiger partial charge is 0.161 e. The van der Waals surface area contributed by atoms with E-state index in [0.29, 0.717) is 5.41 Å². The molecule has 0 amide bonds. The molecule has 0 aliphatic rings. The lowest BCUT2D eigenvalue weighted by molar-refractivity contribution is -0.178. The van der Waals surface area contributed by atoms with Crippen molar-refractivity contribution in [3.05, 3.63) is 35.9 Å². The van der Waals surface area contributed by atoms with Gasteiger partial charge in [-0.1, -0.05) is 72.4 Å². The van der Waals surface area contributed by atoms with Crippen molar-refractivity contribution in [2.75, 3.05) is 14.2 Å². The summed E-state index contributed by atoms with van der Waals surface area (Å²) in [5, 5.41) is 0. The Balaban J connectivity index is -0.000000285. The lowest BCUT2D eigenvalue weighted by Crippen LogP contribution is -2.24. The van der Waals surface area contributed by atoms with Gasteiger partial charge in [-0.25, -0.2) is 0 Å². The average Bonchev–Trinajstić information content (AvgIpc) is 2.51. The third kappa shape index (κ3) is 11.5. The van der Waals surface area contributed by atoms with E-state index in [-0.39, 0.29) is 7.43 Å². The van der Waals surface area contributed by atoms with E-state index < -0.39 is 5.79 Å². The molecule has 0 heterocycles. The van der Waals surface area contributed by atoms with Gasteiger partial charge in [0.2, 0.25) is 0 Å². The van der Waals surface area contributed by atoms with Gasteiger partial charge in [0, 0.05) is 14.2 Å². The van der Waals surface area contributed by atoms with Crippen LogP contribution in [0.4, 0.5) is 0 Å². The lowest BCUT2D eigenvalue weighted by atomic mass is 9.82. The second-order valence-electron chi connectivity index (χ2n) is 5.41. The largest absolute Gasteiger partial charge is 0.354 e. The van der Waals surface area contributed by atoms with Crippen LogP contribution in [-0.4, -0.2) is 20.0 Å². The van der Waals surface area contributed by atoms with Crippen molar-refractivity contribution in [2.45, 2.75) is 73.5 Å². The van der Waals surface area contributed by atoms with Crippen LogP contribution in [0.1, 0.15) is 67.9 Å². The summed E-state index contributed by atoms with van der Waals surface area (Å²) in [6.45, 7) is 14.5. The first-order valence-corrected chi connectivity index (χ1v) is 7.45. The van der Waals surface area contributed by atoms with Gasteiger partial charge < -0.3 is 9.47 Å². The van der Waals surface area contributed by atoms with E-state index in [4.69, 9.17) is 9.47 Å². The molecule has 2 nitrogen and oxygen atoms in total. The number of hydrogen-bond donors (Lipinski definition) is 0. The monoisotopic (exact) mass is 298 g/mol. The first-order chi connectivity index (χ1) is 9.29. The molecule has 0 fully saturated rings. The van der Waals surface area contributed by atoms with Gasteiger partial charge in [-0.2, -0.15) is 0 Å². The number of benzene rings is 1. The van der Waals surface area contributed by atoms with Crippen LogP contribution in [0.5, 0.6) is 0 Å². The van der Waals surface area contributed by atoms with E-state index in [1.807, 2.05) is 27.7 Å². The number of rotatable bonds is 4. The summed E-state index contributed by atoms with van der Waals surface area (Å²) >= 11 is 0. The summed E-state index contributed by atoms with van der Waals surface area (Å²) in [5.41, 5.74) is 1.77. The Morgan fingerprint density at radius 1 is 0.857 bits per heavy atom. The Morgan fingerprint density at radius 3 is 1.48 bits per heavy atom. The lowest BCUT2D eigenvalue weighted by Gasteiger charge is -2.22. The molecule has 1 aromatic rings. The number of ether oxygens (including phenoxy) is 2. The van der Waals surface area contributed by atoms with Crippen molar-refractivity contribution in [3.8, 4) is 0 Å². The van der Waals surface area contributed by atoms with Crippen LogP contribution >= 0.6 is 0 Å². The van der Waals surface area contributed by atoms with Gasteiger partial charge >= 0.3 is 0 Å². The predicted octanol–water partition coefficient (Wildman–Crippen LogP) is 6.05. The summed E-state index contributed by atoms with van der Waals surface area (Å²) < 4.78 is 9.73. The molecular weight excluding hydrogens is 260 g/mol. The van der Waals surface area contributed by atoms with E-state index in [9.17, 15) is 0 Å². The van der Waals surface area contributed by atoms with E-state index >= 15 is 0 Å². The van der Waals surface area contributed by atoms with E-state index in [0.717, 1.165) is 0 Å². The summed E-state index contributed by atoms with van der Waals surface area (Å²) in [4.78, 5) is 0. The third-order valence-corrected chi connectivity index (χ3v) is 3.42. The Kier molecular flexibility index (Phi) is 15.4. The molecule has 0 atom stereocenters. The maximum atomic E-state index is 4.86. The van der Waals surface area contributed by atoms with Gasteiger partial charge in [-0.05, 0) is 31.2 Å². The SMILES string of the molecule is C.CC.CCC(C)(C)c1ccccc1.COC(C)(C)OC. The zero-order chi connectivity index (χ0) is 16.2. The molecule has 0 aromatic heterocycles. The highest BCUT2D eigenvalue weighted by molar-refractivity contribution is 5.22. The predicted molar refractivity (Wildman–Crippen MR) is 95.9 cm³/mol.